The summed E-state index contributed by atoms with van der Waals surface area (Å²) in [6, 6.07) is 3.47. The highest BCUT2D eigenvalue weighted by Gasteiger charge is 2.19. The van der Waals surface area contributed by atoms with Crippen LogP contribution in [0.1, 0.15) is 12.8 Å². The normalized spacial score (nSPS) is 11.1. The van der Waals surface area contributed by atoms with E-state index in [4.69, 9.17) is 16.7 Å². The SMILES string of the molecule is O=C(O)CCCS(=O)(=O)Nc1cc(Cl)ccc1[N+](=O)[O-]. The van der Waals surface area contributed by atoms with E-state index in [1.807, 2.05) is 4.72 Å². The zero-order chi connectivity index (χ0) is 15.3. The minimum atomic E-state index is -3.88. The standard InChI is InChI=1S/C10H11ClN2O6S/c11-7-3-4-9(13(16)17)8(6-7)12-20(18,19)5-1-2-10(14)15/h3-4,6,12H,1-2,5H2,(H,14,15). The molecular formula is C10H11ClN2O6S. The lowest BCUT2D eigenvalue weighted by Crippen LogP contribution is -2.18. The van der Waals surface area contributed by atoms with E-state index in [9.17, 15) is 23.3 Å². The van der Waals surface area contributed by atoms with Gasteiger partial charge in [-0.2, -0.15) is 0 Å². The molecule has 0 unspecified atom stereocenters. The van der Waals surface area contributed by atoms with Crippen molar-refractivity contribution < 1.29 is 23.2 Å². The third-order valence-corrected chi connectivity index (χ3v) is 3.82. The predicted octanol–water partition coefficient (Wildman–Crippen LogP) is 1.85. The summed E-state index contributed by atoms with van der Waals surface area (Å²) >= 11 is 5.66. The van der Waals surface area contributed by atoms with E-state index in [0.29, 0.717) is 0 Å². The summed E-state index contributed by atoms with van der Waals surface area (Å²) in [4.78, 5) is 20.3. The number of nitro benzene ring substituents is 1. The molecule has 0 aliphatic carbocycles. The first kappa shape index (κ1) is 16.2. The van der Waals surface area contributed by atoms with Crippen LogP contribution in [0.2, 0.25) is 5.02 Å². The topological polar surface area (TPSA) is 127 Å². The molecule has 0 spiro atoms. The minimum absolute atomic E-state index is 0.0982. The highest BCUT2D eigenvalue weighted by atomic mass is 35.5. The molecule has 0 fully saturated rings. The van der Waals surface area contributed by atoms with Gasteiger partial charge in [-0.1, -0.05) is 11.6 Å². The Hall–Kier alpha value is -1.87. The quantitative estimate of drug-likeness (QED) is 0.582. The van der Waals surface area contributed by atoms with Crippen LogP contribution in [0.25, 0.3) is 0 Å². The number of hydrogen-bond acceptors (Lipinski definition) is 5. The summed E-state index contributed by atoms with van der Waals surface area (Å²) in [5.74, 6) is -1.57. The summed E-state index contributed by atoms with van der Waals surface area (Å²) in [5, 5.41) is 19.3. The van der Waals surface area contributed by atoms with Gasteiger partial charge in [-0.15, -0.1) is 0 Å². The molecule has 1 aromatic rings. The second-order valence-electron chi connectivity index (χ2n) is 3.84. The van der Waals surface area contributed by atoms with Crippen LogP contribution in [0, 0.1) is 10.1 Å². The van der Waals surface area contributed by atoms with Crippen LogP contribution < -0.4 is 4.72 Å². The number of anilines is 1. The molecule has 0 saturated carbocycles. The second kappa shape index (κ2) is 6.53. The van der Waals surface area contributed by atoms with Gasteiger partial charge in [0.1, 0.15) is 5.69 Å². The molecule has 10 heteroatoms. The summed E-state index contributed by atoms with van der Waals surface area (Å²) in [5.41, 5.74) is -0.686. The number of carbonyl (C=O) groups is 1. The lowest BCUT2D eigenvalue weighted by atomic mass is 10.3. The summed E-state index contributed by atoms with van der Waals surface area (Å²) < 4.78 is 25.4. The number of hydrogen-bond donors (Lipinski definition) is 2. The van der Waals surface area contributed by atoms with Gasteiger partial charge in [-0.05, 0) is 18.6 Å². The Kier molecular flexibility index (Phi) is 5.28. The summed E-state index contributed by atoms with van der Waals surface area (Å²) in [7, 11) is -3.88. The number of halogens is 1. The average molecular weight is 323 g/mol. The highest BCUT2D eigenvalue weighted by molar-refractivity contribution is 7.92. The van der Waals surface area contributed by atoms with Crippen molar-refractivity contribution in [2.45, 2.75) is 12.8 Å². The number of carboxylic acid groups (broad SMARTS) is 1. The second-order valence-corrected chi connectivity index (χ2v) is 6.12. The number of rotatable bonds is 7. The van der Waals surface area contributed by atoms with E-state index >= 15 is 0 Å². The Morgan fingerprint density at radius 2 is 2.10 bits per heavy atom. The number of nitrogens with zero attached hydrogens (tertiary/aromatic N) is 1. The number of nitrogens with one attached hydrogen (secondary N) is 1. The molecule has 0 saturated heterocycles. The van der Waals surface area contributed by atoms with Gasteiger partial charge in [0.05, 0.1) is 10.7 Å². The van der Waals surface area contributed by atoms with E-state index < -0.39 is 32.4 Å². The Balaban J connectivity index is 2.88. The number of carboxylic acids is 1. The van der Waals surface area contributed by atoms with Crippen molar-refractivity contribution in [3.05, 3.63) is 33.3 Å². The lowest BCUT2D eigenvalue weighted by Gasteiger charge is -2.08. The molecule has 1 rings (SSSR count). The molecule has 2 N–H and O–H groups in total. The van der Waals surface area contributed by atoms with Crippen molar-refractivity contribution in [3.63, 3.8) is 0 Å². The highest BCUT2D eigenvalue weighted by Crippen LogP contribution is 2.28. The summed E-state index contributed by atoms with van der Waals surface area (Å²) in [6.07, 6.45) is -0.405. The van der Waals surface area contributed by atoms with Crippen LogP contribution in [0.3, 0.4) is 0 Å². The fourth-order valence-electron chi connectivity index (χ4n) is 1.38. The van der Waals surface area contributed by atoms with Crippen LogP contribution in [-0.4, -0.2) is 30.2 Å². The molecule has 0 amide bonds. The van der Waals surface area contributed by atoms with Gasteiger partial charge in [-0.25, -0.2) is 8.42 Å². The average Bonchev–Trinajstić information content (AvgIpc) is 2.26. The maximum absolute atomic E-state index is 11.7. The van der Waals surface area contributed by atoms with Gasteiger partial charge in [0.25, 0.3) is 5.69 Å². The van der Waals surface area contributed by atoms with Gasteiger partial charge in [-0.3, -0.25) is 19.6 Å². The first-order valence-corrected chi connectivity index (χ1v) is 7.40. The molecule has 0 atom stereocenters. The van der Waals surface area contributed by atoms with Crippen LogP contribution in [0.4, 0.5) is 11.4 Å². The van der Waals surface area contributed by atoms with Gasteiger partial charge in [0.15, 0.2) is 0 Å². The molecule has 0 aromatic heterocycles. The molecule has 20 heavy (non-hydrogen) atoms. The first-order chi connectivity index (χ1) is 9.21. The monoisotopic (exact) mass is 322 g/mol. The van der Waals surface area contributed by atoms with Gasteiger partial charge < -0.3 is 5.11 Å². The van der Waals surface area contributed by atoms with E-state index in [1.165, 1.54) is 6.07 Å². The molecule has 1 aromatic carbocycles. The smallest absolute Gasteiger partial charge is 0.303 e. The molecule has 0 aliphatic heterocycles. The van der Waals surface area contributed by atoms with Crippen LogP contribution in [-0.2, 0) is 14.8 Å². The minimum Gasteiger partial charge on any atom is -0.481 e. The van der Waals surface area contributed by atoms with Crippen molar-refractivity contribution >= 4 is 39.0 Å². The summed E-state index contributed by atoms with van der Waals surface area (Å²) in [6.45, 7) is 0. The van der Waals surface area contributed by atoms with Crippen molar-refractivity contribution in [3.8, 4) is 0 Å². The van der Waals surface area contributed by atoms with E-state index in [1.54, 1.807) is 0 Å². The Bertz CT molecular complexity index is 631. The Morgan fingerprint density at radius 1 is 1.45 bits per heavy atom. The van der Waals surface area contributed by atoms with Gasteiger partial charge in [0, 0.05) is 17.5 Å². The lowest BCUT2D eigenvalue weighted by molar-refractivity contribution is -0.383. The fourth-order valence-corrected chi connectivity index (χ4v) is 2.68. The first-order valence-electron chi connectivity index (χ1n) is 5.37. The number of benzene rings is 1. The fraction of sp³-hybridized carbons (Fsp3) is 0.300. The molecule has 8 nitrogen and oxygen atoms in total. The molecule has 0 aliphatic rings. The predicted molar refractivity (Wildman–Crippen MR) is 72.4 cm³/mol. The van der Waals surface area contributed by atoms with Gasteiger partial charge >= 0.3 is 5.97 Å². The zero-order valence-electron chi connectivity index (χ0n) is 10.1. The van der Waals surface area contributed by atoms with Crippen molar-refractivity contribution in [2.24, 2.45) is 0 Å². The number of aliphatic carboxylic acids is 1. The maximum atomic E-state index is 11.7. The van der Waals surface area contributed by atoms with Crippen LogP contribution in [0.5, 0.6) is 0 Å². The largest absolute Gasteiger partial charge is 0.481 e. The van der Waals surface area contributed by atoms with E-state index in [0.717, 1.165) is 12.1 Å². The Morgan fingerprint density at radius 3 is 2.65 bits per heavy atom. The third kappa shape index (κ3) is 5.02. The number of sulfonamides is 1. The zero-order valence-corrected chi connectivity index (χ0v) is 11.6. The molecule has 0 heterocycles. The molecule has 0 radical (unpaired) electrons. The van der Waals surface area contributed by atoms with E-state index in [2.05, 4.69) is 0 Å². The van der Waals surface area contributed by atoms with Crippen LogP contribution in [0.15, 0.2) is 18.2 Å². The van der Waals surface area contributed by atoms with Crippen molar-refractivity contribution in [2.75, 3.05) is 10.5 Å². The van der Waals surface area contributed by atoms with Crippen molar-refractivity contribution in [1.82, 2.24) is 0 Å². The third-order valence-electron chi connectivity index (χ3n) is 2.22. The Labute approximate surface area is 119 Å². The van der Waals surface area contributed by atoms with Crippen LogP contribution >= 0.6 is 11.6 Å². The van der Waals surface area contributed by atoms with Gasteiger partial charge in [0.2, 0.25) is 10.0 Å². The molecular weight excluding hydrogens is 312 g/mol. The van der Waals surface area contributed by atoms with E-state index in [-0.39, 0.29) is 23.6 Å². The molecule has 110 valence electrons. The van der Waals surface area contributed by atoms with Crippen molar-refractivity contribution in [1.29, 1.82) is 0 Å². The number of nitro groups is 1. The maximum Gasteiger partial charge on any atom is 0.303 e. The molecule has 0 bridgehead atoms.